The average molecular weight is 956 g/mol. The zero-order valence-corrected chi connectivity index (χ0v) is 40.3. The molecule has 0 fully saturated rings. The van der Waals surface area contributed by atoms with Gasteiger partial charge in [-0.3, -0.25) is 9.78 Å². The Kier molecular flexibility index (Phi) is 16.7. The van der Waals surface area contributed by atoms with E-state index in [1.807, 2.05) is 11.3 Å². The number of aliphatic hydroxyl groups excluding tert-OH is 1. The molecule has 1 N–H and O–H groups in total. The fraction of sp³-hybridized carbons (Fsp3) is 0.521. The Hall–Kier alpha value is -2.70. The molecule has 2 heterocycles. The Labute approximate surface area is 351 Å². The average Bonchev–Trinajstić information content (AvgIpc) is 3.46. The van der Waals surface area contributed by atoms with Crippen molar-refractivity contribution in [3.8, 4) is 11.3 Å². The second-order valence-electron chi connectivity index (χ2n) is 18.1. The van der Waals surface area contributed by atoms with Gasteiger partial charge in [-0.1, -0.05) is 156 Å². The zero-order chi connectivity index (χ0) is 40.1. The number of hydrogen-bond donors (Lipinski definition) is 1. The fourth-order valence-corrected chi connectivity index (χ4v) is 14.0. The molecule has 0 saturated carbocycles. The number of allylic oxidation sites excluding steroid dienone is 2. The van der Waals surface area contributed by atoms with Crippen molar-refractivity contribution in [2.24, 2.45) is 40.9 Å². The first-order valence-electron chi connectivity index (χ1n) is 20.4. The van der Waals surface area contributed by atoms with E-state index in [2.05, 4.69) is 152 Å². The molecule has 0 aliphatic rings. The number of ketones is 1. The number of aliphatic hydroxyl groups is 1. The van der Waals surface area contributed by atoms with E-state index in [9.17, 15) is 9.90 Å². The summed E-state index contributed by atoms with van der Waals surface area (Å²) in [5.41, 5.74) is 4.84. The Morgan fingerprint density at radius 1 is 0.818 bits per heavy atom. The van der Waals surface area contributed by atoms with E-state index < -0.39 is 8.07 Å². The second-order valence-corrected chi connectivity index (χ2v) is 24.3. The summed E-state index contributed by atoms with van der Waals surface area (Å²) in [6.07, 6.45) is 4.28. The summed E-state index contributed by atoms with van der Waals surface area (Å²) < 4.78 is 2.47. The molecule has 0 aliphatic heterocycles. The minimum absolute atomic E-state index is 0. The van der Waals surface area contributed by atoms with Gasteiger partial charge in [0, 0.05) is 58.5 Å². The summed E-state index contributed by atoms with van der Waals surface area (Å²) in [7, 11) is -1.61. The molecule has 0 saturated heterocycles. The third-order valence-electron chi connectivity index (χ3n) is 11.5. The van der Waals surface area contributed by atoms with Crippen molar-refractivity contribution in [1.29, 1.82) is 0 Å². The van der Waals surface area contributed by atoms with Crippen molar-refractivity contribution in [2.45, 2.75) is 121 Å². The van der Waals surface area contributed by atoms with Crippen LogP contribution >= 0.6 is 11.3 Å². The minimum atomic E-state index is -1.61. The second kappa shape index (κ2) is 19.6. The normalized spacial score (nSPS) is 12.8. The Bertz CT molecular complexity index is 2050. The number of nitrogens with zero attached hydrogens (tertiary/aromatic N) is 2. The Balaban J connectivity index is 0.000000349. The first-order chi connectivity index (χ1) is 25.4. The maximum atomic E-state index is 12.3. The molecule has 7 heteroatoms. The number of carbonyl (C=O) groups is 1. The van der Waals surface area contributed by atoms with Crippen molar-refractivity contribution in [1.82, 2.24) is 9.97 Å². The van der Waals surface area contributed by atoms with Crippen molar-refractivity contribution in [3.05, 3.63) is 78.3 Å². The monoisotopic (exact) mass is 956 g/mol. The van der Waals surface area contributed by atoms with Gasteiger partial charge in [0.2, 0.25) is 0 Å². The SMILES string of the molecule is CC(C)C(C(=O)/C=C(\O)C(C(C)C)C(C)C)C(C)C.CC[Si](CC)(CC)c1cc(-c2ncnc3c2sc2cc(CC(C)(C)C)ccc23)[c-]c2ccccc12.[Ir]. The van der Waals surface area contributed by atoms with Crippen LogP contribution < -0.4 is 5.19 Å². The Morgan fingerprint density at radius 3 is 1.95 bits per heavy atom. The molecule has 55 heavy (non-hydrogen) atoms. The molecular weight excluding hydrogens is 889 g/mol. The Morgan fingerprint density at radius 2 is 1.40 bits per heavy atom. The number of benzene rings is 3. The molecule has 0 unspecified atom stereocenters. The van der Waals surface area contributed by atoms with Crippen LogP contribution in [0.3, 0.4) is 0 Å². The van der Waals surface area contributed by atoms with Crippen LogP contribution in [0.4, 0.5) is 0 Å². The van der Waals surface area contributed by atoms with Gasteiger partial charge in [-0.05, 0) is 47.1 Å². The van der Waals surface area contributed by atoms with Crippen molar-refractivity contribution in [2.75, 3.05) is 0 Å². The predicted molar refractivity (Wildman–Crippen MR) is 239 cm³/mol. The third kappa shape index (κ3) is 10.8. The molecule has 2 aromatic heterocycles. The molecule has 0 aliphatic carbocycles. The maximum Gasteiger partial charge on any atom is 0.162 e. The first-order valence-corrected chi connectivity index (χ1v) is 23.9. The summed E-state index contributed by atoms with van der Waals surface area (Å²) in [6.45, 7) is 30.6. The number of fused-ring (bicyclic) bond motifs is 4. The van der Waals surface area contributed by atoms with Crippen LogP contribution in [0.1, 0.15) is 102 Å². The van der Waals surface area contributed by atoms with Crippen LogP contribution in [0.2, 0.25) is 18.1 Å². The summed E-state index contributed by atoms with van der Waals surface area (Å²) in [5.74, 6) is 1.63. The molecule has 0 bridgehead atoms. The molecule has 0 atom stereocenters. The predicted octanol–water partition coefficient (Wildman–Crippen LogP) is 13.6. The van der Waals surface area contributed by atoms with Gasteiger partial charge in [-0.2, -0.15) is 0 Å². The molecule has 0 spiro atoms. The largest absolute Gasteiger partial charge is 0.512 e. The molecule has 5 aromatic rings. The van der Waals surface area contributed by atoms with Crippen LogP contribution in [0.15, 0.2) is 66.7 Å². The van der Waals surface area contributed by atoms with Gasteiger partial charge in [0.25, 0.3) is 0 Å². The van der Waals surface area contributed by atoms with Gasteiger partial charge in [0.05, 0.1) is 19.3 Å². The molecule has 3 aromatic carbocycles. The molecule has 0 amide bonds. The molecule has 5 rings (SSSR count). The van der Waals surface area contributed by atoms with Gasteiger partial charge in [-0.15, -0.1) is 40.1 Å². The quantitative estimate of drug-likeness (QED) is 0.0553. The van der Waals surface area contributed by atoms with Crippen LogP contribution in [0.5, 0.6) is 0 Å². The van der Waals surface area contributed by atoms with Crippen LogP contribution in [0.25, 0.3) is 42.3 Å². The maximum absolute atomic E-state index is 12.3. The summed E-state index contributed by atoms with van der Waals surface area (Å²) in [4.78, 5) is 21.9. The number of thiophene rings is 1. The van der Waals surface area contributed by atoms with Crippen LogP contribution in [0, 0.1) is 47.0 Å². The first kappa shape index (κ1) is 46.7. The van der Waals surface area contributed by atoms with Gasteiger partial charge >= 0.3 is 0 Å². The summed E-state index contributed by atoms with van der Waals surface area (Å²) in [6, 6.07) is 25.6. The van der Waals surface area contributed by atoms with Crippen LogP contribution in [-0.2, 0) is 31.3 Å². The summed E-state index contributed by atoms with van der Waals surface area (Å²) >= 11 is 1.83. The van der Waals surface area contributed by atoms with Crippen LogP contribution in [-0.4, -0.2) is 28.9 Å². The van der Waals surface area contributed by atoms with E-state index in [0.29, 0.717) is 23.7 Å². The molecular formula is C48H67IrN2O2SSi-. The van der Waals surface area contributed by atoms with E-state index in [-0.39, 0.29) is 48.9 Å². The zero-order valence-electron chi connectivity index (χ0n) is 36.1. The molecule has 1 radical (unpaired) electrons. The molecule has 4 nitrogen and oxygen atoms in total. The standard InChI is InChI=1S/C31H35N2SSi.C17H32O2.Ir/c1-7-35(8-2,9-3)27-18-23(17-22-12-10-11-13-24(22)27)28-30-29(33-20-32-28)25-15-14-21(16-26(25)34-30)19-31(4,5)6;1-10(2)16(11(3)4)14(18)9-15(19)17(12(5)6)13(7)8;/h10-16,18,20H,7-9,19H2,1-6H3;9-13,16-18H,1-8H3;/q-1;;/b;14-9-;. The van der Waals surface area contributed by atoms with E-state index in [1.54, 1.807) is 11.5 Å². The number of aromatic nitrogens is 2. The number of carbonyl (C=O) groups excluding carboxylic acids is 1. The molecule has 301 valence electrons. The van der Waals surface area contributed by atoms with Gasteiger partial charge in [-0.25, -0.2) is 4.98 Å². The van der Waals surface area contributed by atoms with E-state index in [0.717, 1.165) is 23.2 Å². The third-order valence-corrected chi connectivity index (χ3v) is 18.3. The van der Waals surface area contributed by atoms with Crippen molar-refractivity contribution in [3.63, 3.8) is 0 Å². The minimum Gasteiger partial charge on any atom is -0.512 e. The van der Waals surface area contributed by atoms with Crippen molar-refractivity contribution < 1.29 is 30.0 Å². The summed E-state index contributed by atoms with van der Waals surface area (Å²) in [5, 5.41) is 15.6. The fourth-order valence-electron chi connectivity index (χ4n) is 8.87. The number of rotatable bonds is 13. The van der Waals surface area contributed by atoms with E-state index in [4.69, 9.17) is 9.97 Å². The van der Waals surface area contributed by atoms with Crippen molar-refractivity contribution >= 4 is 61.5 Å². The van der Waals surface area contributed by atoms with Gasteiger partial charge in [0.1, 0.15) is 6.33 Å². The van der Waals surface area contributed by atoms with E-state index in [1.165, 1.54) is 55.3 Å². The topological polar surface area (TPSA) is 63.1 Å². The smallest absolute Gasteiger partial charge is 0.162 e. The van der Waals surface area contributed by atoms with E-state index >= 15 is 0 Å². The number of hydrogen-bond acceptors (Lipinski definition) is 5. The van der Waals surface area contributed by atoms with Gasteiger partial charge < -0.3 is 5.11 Å². The van der Waals surface area contributed by atoms with Gasteiger partial charge in [0.15, 0.2) is 5.78 Å².